The summed E-state index contributed by atoms with van der Waals surface area (Å²) < 4.78 is 3.60. The Morgan fingerprint density at radius 3 is 0.450 bits per heavy atom. The first-order valence-corrected chi connectivity index (χ1v) is 55.9. The third kappa shape index (κ3) is 53.6. The molecule has 0 aliphatic heterocycles. The lowest BCUT2D eigenvalue weighted by Gasteiger charge is -2.69. The van der Waals surface area contributed by atoms with Crippen LogP contribution in [0.15, 0.2) is 121 Å². The highest BCUT2D eigenvalue weighted by atomic mass is 31.2. The molecular formula is C112H212O13P6. The minimum atomic E-state index is -2.61. The van der Waals surface area contributed by atoms with Crippen molar-refractivity contribution >= 4 is 56.8 Å². The average molecular weight is 1950 g/mol. The molecule has 768 valence electrons. The molecule has 0 heterocycles. The maximum atomic E-state index is 15.6. The van der Waals surface area contributed by atoms with Crippen molar-refractivity contribution in [2.45, 2.75) is 532 Å². The minimum Gasteiger partial charge on any atom is -0.395 e. The van der Waals surface area contributed by atoms with Crippen molar-refractivity contribution in [2.75, 3.05) is 19.8 Å². The van der Waals surface area contributed by atoms with E-state index in [-0.39, 0.29) is 85.1 Å². The highest BCUT2D eigenvalue weighted by Gasteiger charge is 2.80. The fourth-order valence-electron chi connectivity index (χ4n) is 20.8. The largest absolute Gasteiger partial charge is 0.395 e. The van der Waals surface area contributed by atoms with E-state index in [9.17, 15) is 20.4 Å². The van der Waals surface area contributed by atoms with Gasteiger partial charge in [0.1, 0.15) is 27.8 Å². The molecule has 0 radical (unpaired) electrons. The SMILES string of the molecule is CCCCCCCCCCCCCC(O)(CCCCCCCCCCCCC)C(CO)(CO)CO.CCCCCCCCCCCCCC(O)(c1ccccc1)C(C(O)(CCCCCCCCCCCCC)c1ccccc1)(C(O)(CCCCCCCCCCCCC)c1ccccc1)C(O)(CCCCCCCCCCCCC)c1ccccc1.OP(O)OP(O)O.P.P.P.P. The van der Waals surface area contributed by atoms with Crippen LogP contribution in [0, 0.1) is 10.8 Å². The van der Waals surface area contributed by atoms with Gasteiger partial charge in [0.25, 0.3) is 0 Å². The van der Waals surface area contributed by atoms with Crippen molar-refractivity contribution in [1.29, 1.82) is 0 Å². The fourth-order valence-corrected chi connectivity index (χ4v) is 21.3. The molecular weight excluding hydrogens is 1740 g/mol. The summed E-state index contributed by atoms with van der Waals surface area (Å²) >= 11 is 0. The van der Waals surface area contributed by atoms with Gasteiger partial charge in [-0.05, 0) is 60.8 Å². The van der Waals surface area contributed by atoms with Gasteiger partial charge in [0.05, 0.1) is 30.8 Å². The molecule has 0 saturated carbocycles. The molecule has 4 rings (SSSR count). The molecule has 12 N–H and O–H groups in total. The zero-order chi connectivity index (χ0) is 92.8. The van der Waals surface area contributed by atoms with Gasteiger partial charge in [-0.15, -0.1) is 0 Å². The van der Waals surface area contributed by atoms with E-state index in [1.165, 1.54) is 295 Å². The molecule has 8 unspecified atom stereocenters. The van der Waals surface area contributed by atoms with Crippen LogP contribution in [-0.2, 0) is 26.7 Å². The Labute approximate surface area is 822 Å². The Morgan fingerprint density at radius 2 is 0.328 bits per heavy atom. The molecule has 131 heavy (non-hydrogen) atoms. The summed E-state index contributed by atoms with van der Waals surface area (Å²) in [6, 6.07) is 40.6. The van der Waals surface area contributed by atoms with E-state index in [0.717, 1.165) is 103 Å². The molecule has 0 saturated heterocycles. The predicted molar refractivity (Wildman–Crippen MR) is 587 cm³/mol. The van der Waals surface area contributed by atoms with E-state index in [2.05, 4.69) is 45.9 Å². The fraction of sp³-hybridized carbons (Fsp3) is 0.786. The lowest BCUT2D eigenvalue weighted by molar-refractivity contribution is -0.372. The topological polar surface area (TPSA) is 252 Å². The van der Waals surface area contributed by atoms with Crippen LogP contribution in [0.2, 0.25) is 0 Å². The van der Waals surface area contributed by atoms with Crippen molar-refractivity contribution in [3.8, 4) is 0 Å². The third-order valence-electron chi connectivity index (χ3n) is 28.5. The molecule has 0 bridgehead atoms. The molecule has 0 spiro atoms. The Morgan fingerprint density at radius 1 is 0.198 bits per heavy atom. The van der Waals surface area contributed by atoms with Gasteiger partial charge >= 0.3 is 17.2 Å². The highest BCUT2D eigenvalue weighted by Crippen LogP contribution is 2.73. The molecule has 4 aromatic carbocycles. The summed E-state index contributed by atoms with van der Waals surface area (Å²) in [6.07, 6.45) is 80.8. The Balaban J connectivity index is -0.00000296. The lowest BCUT2D eigenvalue weighted by Crippen LogP contribution is -2.76. The van der Waals surface area contributed by atoms with Crippen LogP contribution in [0.25, 0.3) is 0 Å². The second-order valence-corrected chi connectivity index (χ2v) is 40.4. The molecule has 4 aromatic rings. The predicted octanol–water partition coefficient (Wildman–Crippen LogP) is 32.1. The van der Waals surface area contributed by atoms with Crippen molar-refractivity contribution in [2.24, 2.45) is 10.8 Å². The quantitative estimate of drug-likeness (QED) is 0.0145. The third-order valence-corrected chi connectivity index (χ3v) is 29.7. The number of benzene rings is 4. The molecule has 8 atom stereocenters. The normalized spacial score (nSPS) is 14.0. The maximum absolute atomic E-state index is 15.6. The van der Waals surface area contributed by atoms with Crippen LogP contribution in [0.3, 0.4) is 0 Å². The molecule has 0 aromatic heterocycles. The Kier molecular flexibility index (Phi) is 90.0. The first-order valence-electron chi connectivity index (χ1n) is 53.5. The second kappa shape index (κ2) is 87.9. The number of unbranched alkanes of at least 4 members (excludes halogenated alkanes) is 60. The monoisotopic (exact) mass is 1950 g/mol. The van der Waals surface area contributed by atoms with Crippen LogP contribution in [-0.4, -0.2) is 85.8 Å². The first-order chi connectivity index (χ1) is 61.8. The smallest absolute Gasteiger partial charge is 0.334 e. The zero-order valence-corrected chi connectivity index (χ0v) is 93.0. The van der Waals surface area contributed by atoms with Crippen LogP contribution in [0.5, 0.6) is 0 Å². The van der Waals surface area contributed by atoms with Crippen molar-refractivity contribution < 1.29 is 64.7 Å². The summed E-state index contributed by atoms with van der Waals surface area (Å²) in [5, 5.41) is 104. The van der Waals surface area contributed by atoms with Gasteiger partial charge in [-0.2, -0.15) is 39.6 Å². The molecule has 0 amide bonds. The summed E-state index contributed by atoms with van der Waals surface area (Å²) in [4.78, 5) is 31.3. The second-order valence-electron chi connectivity index (χ2n) is 38.7. The van der Waals surface area contributed by atoms with E-state index in [0.29, 0.717) is 60.8 Å². The summed E-state index contributed by atoms with van der Waals surface area (Å²) in [5.74, 6) is 0. The van der Waals surface area contributed by atoms with E-state index >= 15 is 20.4 Å². The van der Waals surface area contributed by atoms with E-state index < -0.39 is 56.0 Å². The van der Waals surface area contributed by atoms with Crippen LogP contribution >= 0.6 is 56.8 Å². The maximum Gasteiger partial charge on any atom is 0.334 e. The highest BCUT2D eigenvalue weighted by molar-refractivity contribution is 7.53. The Hall–Kier alpha value is -1.06. The van der Waals surface area contributed by atoms with Crippen LogP contribution in [0.1, 0.15) is 526 Å². The van der Waals surface area contributed by atoms with Gasteiger partial charge < -0.3 is 60.4 Å². The number of hydrogen-bond donors (Lipinski definition) is 12. The van der Waals surface area contributed by atoms with E-state index in [1.807, 2.05) is 121 Å². The number of rotatable bonds is 86. The summed E-state index contributed by atoms with van der Waals surface area (Å²) in [5.41, 5.74) is -9.79. The van der Waals surface area contributed by atoms with Crippen molar-refractivity contribution in [1.82, 2.24) is 0 Å². The standard InChI is InChI=1S/C81H132O4.C31H64O4.H4O5P2.4H3P/c1-5-9-13-17-21-25-29-33-37-41-57-69-77(82,73-61-49-45-50-62-73)81(78(83,74-63-51-46-52-64-74)70-58-42-38-34-30-26-22-18-14-10-6-2,79(84,75-65-53-47-54-66-75)71-59-43-39-35-31-27-23-19-15-11-7-3)80(85,76-67-55-48-56-68-76)72-60-44-40-36-32-28-24-20-16-12-8-4;1-3-5-7-9-11-13-15-17-19-21-23-25-31(35,30(27-32,28-33)29-34)26-24-22-20-18-16-14-12-10-8-6-4-2;1-6(2)5-7(3)4;;;;/h45-56,61-68,82-85H,5-44,57-60,69-72H2,1-4H3;32-35H,3-29H2,1-2H3;1-4H;4*1H3. The van der Waals surface area contributed by atoms with Gasteiger partial charge in [0.2, 0.25) is 0 Å². The Bertz CT molecular complexity index is 2660. The number of aliphatic hydroxyl groups excluding tert-OH is 3. The van der Waals surface area contributed by atoms with Gasteiger partial charge in [0, 0.05) is 0 Å². The first kappa shape index (κ1) is 134. The summed E-state index contributed by atoms with van der Waals surface area (Å²) in [7, 11) is -5.22. The molecule has 0 aliphatic carbocycles. The molecule has 19 heteroatoms. The molecule has 0 aliphatic rings. The van der Waals surface area contributed by atoms with Gasteiger partial charge in [-0.25, -0.2) is 4.31 Å². The minimum absolute atomic E-state index is 0. The van der Waals surface area contributed by atoms with Gasteiger partial charge in [-0.3, -0.25) is 0 Å². The van der Waals surface area contributed by atoms with E-state index in [4.69, 9.17) is 19.6 Å². The van der Waals surface area contributed by atoms with Gasteiger partial charge in [0.15, 0.2) is 0 Å². The van der Waals surface area contributed by atoms with Gasteiger partial charge in [-0.1, -0.05) is 587 Å². The van der Waals surface area contributed by atoms with Crippen LogP contribution in [0.4, 0.5) is 0 Å². The van der Waals surface area contributed by atoms with Crippen molar-refractivity contribution in [3.63, 3.8) is 0 Å². The van der Waals surface area contributed by atoms with Crippen LogP contribution < -0.4 is 0 Å². The number of aliphatic hydroxyl groups is 8. The van der Waals surface area contributed by atoms with E-state index in [1.54, 1.807) is 0 Å². The summed E-state index contributed by atoms with van der Waals surface area (Å²) in [6.45, 7) is 12.5. The lowest BCUT2D eigenvalue weighted by atomic mass is 9.39. The molecule has 13 nitrogen and oxygen atoms in total. The van der Waals surface area contributed by atoms with Crippen molar-refractivity contribution in [3.05, 3.63) is 144 Å². The molecule has 0 fully saturated rings. The number of hydrogen-bond acceptors (Lipinski definition) is 13. The zero-order valence-electron chi connectivity index (χ0n) is 85.6. The average Bonchev–Trinajstić information content (AvgIpc) is 0.654.